The van der Waals surface area contributed by atoms with Crippen molar-refractivity contribution in [3.63, 3.8) is 0 Å². The highest BCUT2D eigenvalue weighted by atomic mass is 16.2. The Morgan fingerprint density at radius 3 is 2.45 bits per heavy atom. The third-order valence-corrected chi connectivity index (χ3v) is 4.63. The average Bonchev–Trinajstić information content (AvgIpc) is 2.62. The summed E-state index contributed by atoms with van der Waals surface area (Å²) < 4.78 is 0. The summed E-state index contributed by atoms with van der Waals surface area (Å²) in [6.45, 7) is 2.84. The summed E-state index contributed by atoms with van der Waals surface area (Å²) in [5.74, 6) is 1.18. The molecule has 1 saturated heterocycles. The number of nitrogens with zero attached hydrogens (tertiary/aromatic N) is 5. The van der Waals surface area contributed by atoms with Gasteiger partial charge in [0, 0.05) is 44.5 Å². The highest BCUT2D eigenvalue weighted by Gasteiger charge is 2.29. The Morgan fingerprint density at radius 1 is 1.09 bits per heavy atom. The third kappa shape index (κ3) is 3.03. The first kappa shape index (κ1) is 14.8. The van der Waals surface area contributed by atoms with Crippen molar-refractivity contribution >= 4 is 11.7 Å². The van der Waals surface area contributed by atoms with Crippen LogP contribution in [0.4, 0.5) is 5.82 Å². The fourth-order valence-corrected chi connectivity index (χ4v) is 3.39. The molecule has 1 aliphatic carbocycles. The van der Waals surface area contributed by atoms with E-state index in [1.807, 2.05) is 4.90 Å². The number of nitriles is 1. The molecule has 2 aliphatic rings. The minimum atomic E-state index is 0.228. The second-order valence-corrected chi connectivity index (χ2v) is 5.99. The first-order valence-corrected chi connectivity index (χ1v) is 8.04. The Hall–Kier alpha value is -2.16. The van der Waals surface area contributed by atoms with Gasteiger partial charge in [0.1, 0.15) is 6.07 Å². The molecule has 6 heteroatoms. The summed E-state index contributed by atoms with van der Waals surface area (Å²) in [5, 5.41) is 9.12. The van der Waals surface area contributed by atoms with Gasteiger partial charge in [0.2, 0.25) is 5.91 Å². The molecule has 1 aromatic rings. The minimum absolute atomic E-state index is 0.228. The SMILES string of the molecule is N#Cc1nccnc1N1CCN(C(=O)C2CCCCC2)CC1. The number of hydrogen-bond acceptors (Lipinski definition) is 5. The first-order valence-electron chi connectivity index (χ1n) is 8.04. The fraction of sp³-hybridized carbons (Fsp3) is 0.625. The molecule has 0 aromatic carbocycles. The topological polar surface area (TPSA) is 73.1 Å². The van der Waals surface area contributed by atoms with Gasteiger partial charge in [-0.25, -0.2) is 9.97 Å². The molecule has 22 heavy (non-hydrogen) atoms. The molecule has 2 fully saturated rings. The molecular weight excluding hydrogens is 278 g/mol. The molecule has 1 saturated carbocycles. The second kappa shape index (κ2) is 6.73. The highest BCUT2D eigenvalue weighted by molar-refractivity contribution is 5.79. The zero-order valence-electron chi connectivity index (χ0n) is 12.7. The van der Waals surface area contributed by atoms with Gasteiger partial charge in [-0.3, -0.25) is 4.79 Å². The van der Waals surface area contributed by atoms with Crippen molar-refractivity contribution in [3.05, 3.63) is 18.1 Å². The molecule has 0 atom stereocenters. The van der Waals surface area contributed by atoms with E-state index in [1.54, 1.807) is 6.20 Å². The van der Waals surface area contributed by atoms with E-state index in [9.17, 15) is 4.79 Å². The molecule has 3 rings (SSSR count). The van der Waals surface area contributed by atoms with Crippen LogP contribution in [0, 0.1) is 17.2 Å². The molecule has 2 heterocycles. The van der Waals surface area contributed by atoms with Gasteiger partial charge in [-0.1, -0.05) is 19.3 Å². The standard InChI is InChI=1S/C16H21N5O/c17-12-14-15(19-7-6-18-14)20-8-10-21(11-9-20)16(22)13-4-2-1-3-5-13/h6-7,13H,1-5,8-11H2. The van der Waals surface area contributed by atoms with Gasteiger partial charge in [-0.05, 0) is 12.8 Å². The van der Waals surface area contributed by atoms with Crippen molar-refractivity contribution in [1.29, 1.82) is 5.26 Å². The van der Waals surface area contributed by atoms with Crippen LogP contribution >= 0.6 is 0 Å². The molecule has 6 nitrogen and oxygen atoms in total. The molecule has 0 radical (unpaired) electrons. The Balaban J connectivity index is 1.60. The van der Waals surface area contributed by atoms with Crippen LogP contribution in [0.15, 0.2) is 12.4 Å². The van der Waals surface area contributed by atoms with Crippen molar-refractivity contribution in [2.45, 2.75) is 32.1 Å². The van der Waals surface area contributed by atoms with Gasteiger partial charge in [-0.15, -0.1) is 0 Å². The first-order chi connectivity index (χ1) is 10.8. The van der Waals surface area contributed by atoms with Gasteiger partial charge < -0.3 is 9.80 Å². The number of anilines is 1. The van der Waals surface area contributed by atoms with Crippen molar-refractivity contribution in [3.8, 4) is 6.07 Å². The van der Waals surface area contributed by atoms with E-state index in [0.717, 1.165) is 12.8 Å². The van der Waals surface area contributed by atoms with Crippen LogP contribution in [-0.4, -0.2) is 47.0 Å². The van der Waals surface area contributed by atoms with Crippen LogP contribution in [0.2, 0.25) is 0 Å². The Labute approximate surface area is 130 Å². The van der Waals surface area contributed by atoms with Crippen LogP contribution < -0.4 is 4.90 Å². The highest BCUT2D eigenvalue weighted by Crippen LogP contribution is 2.26. The quantitative estimate of drug-likeness (QED) is 0.829. The monoisotopic (exact) mass is 299 g/mol. The number of rotatable bonds is 2. The Bertz CT molecular complexity index is 568. The summed E-state index contributed by atoms with van der Waals surface area (Å²) in [6, 6.07) is 2.08. The number of piperazine rings is 1. The van der Waals surface area contributed by atoms with Crippen molar-refractivity contribution in [2.24, 2.45) is 5.92 Å². The van der Waals surface area contributed by atoms with Crippen LogP contribution in [-0.2, 0) is 4.79 Å². The van der Waals surface area contributed by atoms with Gasteiger partial charge in [0.25, 0.3) is 0 Å². The van der Waals surface area contributed by atoms with E-state index in [0.29, 0.717) is 43.6 Å². The van der Waals surface area contributed by atoms with Gasteiger partial charge in [0.15, 0.2) is 11.5 Å². The van der Waals surface area contributed by atoms with E-state index in [4.69, 9.17) is 5.26 Å². The summed E-state index contributed by atoms with van der Waals surface area (Å²) in [6.07, 6.45) is 8.86. The van der Waals surface area contributed by atoms with E-state index in [2.05, 4.69) is 20.9 Å². The van der Waals surface area contributed by atoms with Crippen molar-refractivity contribution < 1.29 is 4.79 Å². The van der Waals surface area contributed by atoms with Crippen LogP contribution in [0.5, 0.6) is 0 Å². The van der Waals surface area contributed by atoms with Gasteiger partial charge in [0.05, 0.1) is 0 Å². The summed E-state index contributed by atoms with van der Waals surface area (Å²) >= 11 is 0. The number of aromatic nitrogens is 2. The number of carbonyl (C=O) groups is 1. The Morgan fingerprint density at radius 2 is 1.77 bits per heavy atom. The fourth-order valence-electron chi connectivity index (χ4n) is 3.39. The predicted molar refractivity (Wildman–Crippen MR) is 82.1 cm³/mol. The van der Waals surface area contributed by atoms with E-state index in [-0.39, 0.29) is 5.92 Å². The summed E-state index contributed by atoms with van der Waals surface area (Å²) in [4.78, 5) is 24.9. The minimum Gasteiger partial charge on any atom is -0.351 e. The van der Waals surface area contributed by atoms with E-state index >= 15 is 0 Å². The summed E-state index contributed by atoms with van der Waals surface area (Å²) in [7, 11) is 0. The maximum Gasteiger partial charge on any atom is 0.225 e. The second-order valence-electron chi connectivity index (χ2n) is 5.99. The maximum atomic E-state index is 12.5. The molecule has 0 unspecified atom stereocenters. The third-order valence-electron chi connectivity index (χ3n) is 4.63. The number of amides is 1. The molecule has 0 spiro atoms. The number of carbonyl (C=O) groups excluding carboxylic acids is 1. The van der Waals surface area contributed by atoms with Crippen LogP contribution in [0.3, 0.4) is 0 Å². The lowest BCUT2D eigenvalue weighted by Gasteiger charge is -2.37. The zero-order chi connectivity index (χ0) is 15.4. The molecule has 1 amide bonds. The lowest BCUT2D eigenvalue weighted by Crippen LogP contribution is -2.51. The number of hydrogen-bond donors (Lipinski definition) is 0. The zero-order valence-corrected chi connectivity index (χ0v) is 12.7. The molecular formula is C16H21N5O. The molecule has 0 N–H and O–H groups in total. The summed E-state index contributed by atoms with van der Waals surface area (Å²) in [5.41, 5.74) is 0.356. The average molecular weight is 299 g/mol. The lowest BCUT2D eigenvalue weighted by molar-refractivity contribution is -0.136. The largest absolute Gasteiger partial charge is 0.351 e. The lowest BCUT2D eigenvalue weighted by atomic mass is 9.88. The van der Waals surface area contributed by atoms with E-state index in [1.165, 1.54) is 25.5 Å². The molecule has 116 valence electrons. The van der Waals surface area contributed by atoms with Gasteiger partial charge in [-0.2, -0.15) is 5.26 Å². The predicted octanol–water partition coefficient (Wildman–Crippen LogP) is 1.58. The Kier molecular flexibility index (Phi) is 4.52. The molecule has 1 aliphatic heterocycles. The van der Waals surface area contributed by atoms with Gasteiger partial charge >= 0.3 is 0 Å². The van der Waals surface area contributed by atoms with Crippen molar-refractivity contribution in [2.75, 3.05) is 31.1 Å². The van der Waals surface area contributed by atoms with Crippen molar-refractivity contribution in [1.82, 2.24) is 14.9 Å². The maximum absolute atomic E-state index is 12.5. The van der Waals surface area contributed by atoms with Crippen LogP contribution in [0.1, 0.15) is 37.8 Å². The molecule has 0 bridgehead atoms. The normalized spacial score (nSPS) is 19.8. The van der Waals surface area contributed by atoms with Crippen LogP contribution in [0.25, 0.3) is 0 Å². The smallest absolute Gasteiger partial charge is 0.225 e. The van der Waals surface area contributed by atoms with E-state index < -0.39 is 0 Å². The molecule has 1 aromatic heterocycles.